The minimum Gasteiger partial charge on any atom is -0.497 e. The van der Waals surface area contributed by atoms with Gasteiger partial charge in [0, 0.05) is 12.6 Å². The van der Waals surface area contributed by atoms with Crippen molar-refractivity contribution in [3.63, 3.8) is 0 Å². The highest BCUT2D eigenvalue weighted by molar-refractivity contribution is 5.96. The van der Waals surface area contributed by atoms with Crippen molar-refractivity contribution in [2.75, 3.05) is 32.6 Å². The molecule has 31 heavy (non-hydrogen) atoms. The number of ether oxygens (including phenoxy) is 2. The predicted octanol–water partition coefficient (Wildman–Crippen LogP) is 4.64. The summed E-state index contributed by atoms with van der Waals surface area (Å²) in [4.78, 5) is 7.26. The van der Waals surface area contributed by atoms with Crippen LogP contribution in [-0.4, -0.2) is 44.2 Å². The maximum atomic E-state index is 5.55. The van der Waals surface area contributed by atoms with Crippen LogP contribution in [0.1, 0.15) is 11.1 Å². The van der Waals surface area contributed by atoms with Gasteiger partial charge in [-0.3, -0.25) is 4.99 Å². The standard InChI is InChI=1S/C26H29N3O2/c1-30-23-13-14-25(31-2)24(18-23)28-26-27-19-22(17-21-11-7-4-8-12-21)29(26)16-15-20-9-5-3-6-10-20/h3-14,18,22H,15-17,19H2,1-2H3,(H,27,28)/t22-/m0/s1. The van der Waals surface area contributed by atoms with Gasteiger partial charge in [0.1, 0.15) is 11.5 Å². The van der Waals surface area contributed by atoms with Gasteiger partial charge in [0.25, 0.3) is 0 Å². The summed E-state index contributed by atoms with van der Waals surface area (Å²) < 4.78 is 11.0. The first-order valence-electron chi connectivity index (χ1n) is 10.6. The summed E-state index contributed by atoms with van der Waals surface area (Å²) in [5.41, 5.74) is 3.50. The van der Waals surface area contributed by atoms with E-state index in [0.29, 0.717) is 6.04 Å². The number of hydrogen-bond acceptors (Lipinski definition) is 5. The van der Waals surface area contributed by atoms with Crippen molar-refractivity contribution in [3.8, 4) is 11.5 Å². The fraction of sp³-hybridized carbons (Fsp3) is 0.269. The second-order valence-electron chi connectivity index (χ2n) is 7.63. The van der Waals surface area contributed by atoms with Gasteiger partial charge in [-0.05, 0) is 36.1 Å². The fourth-order valence-corrected chi connectivity index (χ4v) is 3.94. The Hall–Kier alpha value is -3.47. The molecule has 5 heteroatoms. The van der Waals surface area contributed by atoms with Gasteiger partial charge in [0.15, 0.2) is 5.96 Å². The van der Waals surface area contributed by atoms with E-state index in [2.05, 4.69) is 70.9 Å². The van der Waals surface area contributed by atoms with Gasteiger partial charge < -0.3 is 19.7 Å². The highest BCUT2D eigenvalue weighted by Crippen LogP contribution is 2.30. The highest BCUT2D eigenvalue weighted by atomic mass is 16.5. The molecule has 0 bridgehead atoms. The molecule has 1 atom stereocenters. The molecular formula is C26H29N3O2. The van der Waals surface area contributed by atoms with Crippen LogP contribution in [0, 0.1) is 0 Å². The number of nitrogens with zero attached hydrogens (tertiary/aromatic N) is 2. The number of anilines is 1. The molecule has 1 aliphatic rings. The molecule has 1 N–H and O–H groups in total. The summed E-state index contributed by atoms with van der Waals surface area (Å²) in [5.74, 6) is 2.42. The molecule has 4 rings (SSSR count). The summed E-state index contributed by atoms with van der Waals surface area (Å²) in [5, 5.41) is 3.51. The summed E-state index contributed by atoms with van der Waals surface area (Å²) in [6.07, 6.45) is 1.92. The van der Waals surface area contributed by atoms with Crippen LogP contribution < -0.4 is 14.8 Å². The first-order chi connectivity index (χ1) is 15.3. The Morgan fingerprint density at radius 2 is 1.61 bits per heavy atom. The van der Waals surface area contributed by atoms with Crippen LogP contribution >= 0.6 is 0 Å². The minimum absolute atomic E-state index is 0.310. The van der Waals surface area contributed by atoms with Gasteiger partial charge >= 0.3 is 0 Å². The highest BCUT2D eigenvalue weighted by Gasteiger charge is 2.28. The molecular weight excluding hydrogens is 386 g/mol. The summed E-state index contributed by atoms with van der Waals surface area (Å²) >= 11 is 0. The van der Waals surface area contributed by atoms with E-state index in [9.17, 15) is 0 Å². The van der Waals surface area contributed by atoms with E-state index < -0.39 is 0 Å². The van der Waals surface area contributed by atoms with Crippen molar-refractivity contribution in [1.82, 2.24) is 4.90 Å². The number of nitrogens with one attached hydrogen (secondary N) is 1. The maximum absolute atomic E-state index is 5.55. The normalized spacial score (nSPS) is 15.5. The number of benzene rings is 3. The van der Waals surface area contributed by atoms with Gasteiger partial charge in [-0.15, -0.1) is 0 Å². The molecule has 3 aromatic carbocycles. The lowest BCUT2D eigenvalue weighted by atomic mass is 10.0. The Morgan fingerprint density at radius 1 is 0.903 bits per heavy atom. The molecule has 0 aromatic heterocycles. The van der Waals surface area contributed by atoms with Crippen LogP contribution in [0.3, 0.4) is 0 Å². The molecule has 0 saturated heterocycles. The molecule has 0 aliphatic carbocycles. The van der Waals surface area contributed by atoms with Crippen molar-refractivity contribution in [2.45, 2.75) is 18.9 Å². The van der Waals surface area contributed by atoms with E-state index in [0.717, 1.165) is 49.1 Å². The summed E-state index contributed by atoms with van der Waals surface area (Å²) in [6, 6.07) is 27.3. The van der Waals surface area contributed by atoms with E-state index >= 15 is 0 Å². The van der Waals surface area contributed by atoms with Gasteiger partial charge in [0.05, 0.1) is 32.5 Å². The van der Waals surface area contributed by atoms with E-state index in [1.54, 1.807) is 14.2 Å². The molecule has 0 fully saturated rings. The van der Waals surface area contributed by atoms with Gasteiger partial charge in [-0.25, -0.2) is 0 Å². The zero-order valence-corrected chi connectivity index (χ0v) is 18.1. The van der Waals surface area contributed by atoms with Crippen molar-refractivity contribution in [3.05, 3.63) is 90.0 Å². The minimum atomic E-state index is 0.310. The molecule has 1 aliphatic heterocycles. The largest absolute Gasteiger partial charge is 0.497 e. The van der Waals surface area contributed by atoms with E-state index in [-0.39, 0.29) is 0 Å². The molecule has 0 saturated carbocycles. The van der Waals surface area contributed by atoms with Crippen LogP contribution in [-0.2, 0) is 12.8 Å². The molecule has 0 spiro atoms. The molecule has 160 valence electrons. The third kappa shape index (κ3) is 5.18. The van der Waals surface area contributed by atoms with E-state index in [4.69, 9.17) is 14.5 Å². The first-order valence-corrected chi connectivity index (χ1v) is 10.6. The van der Waals surface area contributed by atoms with Crippen LogP contribution in [0.5, 0.6) is 11.5 Å². The van der Waals surface area contributed by atoms with Crippen LogP contribution in [0.25, 0.3) is 0 Å². The summed E-state index contributed by atoms with van der Waals surface area (Å²) in [7, 11) is 3.34. The lowest BCUT2D eigenvalue weighted by molar-refractivity contribution is 0.343. The predicted molar refractivity (Wildman–Crippen MR) is 126 cm³/mol. The first kappa shape index (κ1) is 20.8. The number of hydrogen-bond donors (Lipinski definition) is 1. The Kier molecular flexibility index (Phi) is 6.72. The zero-order valence-electron chi connectivity index (χ0n) is 18.1. The molecule has 3 aromatic rings. The molecule has 1 heterocycles. The van der Waals surface area contributed by atoms with Crippen molar-refractivity contribution in [1.29, 1.82) is 0 Å². The average molecular weight is 416 g/mol. The lowest BCUT2D eigenvalue weighted by Crippen LogP contribution is -2.42. The Bertz CT molecular complexity index is 1010. The lowest BCUT2D eigenvalue weighted by Gasteiger charge is -2.29. The third-order valence-electron chi connectivity index (χ3n) is 5.62. The van der Waals surface area contributed by atoms with Crippen LogP contribution in [0.4, 0.5) is 5.69 Å². The SMILES string of the molecule is COc1ccc(OC)c(NC2=NC[C@H](Cc3ccccc3)N2CCc2ccccc2)c1. The molecule has 0 unspecified atom stereocenters. The average Bonchev–Trinajstić information content (AvgIpc) is 3.19. The van der Waals surface area contributed by atoms with Gasteiger partial charge in [-0.1, -0.05) is 60.7 Å². The topological polar surface area (TPSA) is 46.1 Å². The number of guanidine groups is 1. The molecule has 5 nitrogen and oxygen atoms in total. The van der Waals surface area contributed by atoms with Crippen LogP contribution in [0.2, 0.25) is 0 Å². The maximum Gasteiger partial charge on any atom is 0.198 e. The van der Waals surface area contributed by atoms with Crippen molar-refractivity contribution >= 4 is 11.6 Å². The quantitative estimate of drug-likeness (QED) is 0.582. The second-order valence-corrected chi connectivity index (χ2v) is 7.63. The number of rotatable bonds is 8. The van der Waals surface area contributed by atoms with Gasteiger partial charge in [0.2, 0.25) is 0 Å². The molecule has 0 amide bonds. The smallest absolute Gasteiger partial charge is 0.198 e. The Balaban J connectivity index is 1.54. The van der Waals surface area contributed by atoms with Crippen LogP contribution in [0.15, 0.2) is 83.9 Å². The van der Waals surface area contributed by atoms with Crippen molar-refractivity contribution in [2.24, 2.45) is 4.99 Å². The third-order valence-corrected chi connectivity index (χ3v) is 5.62. The summed E-state index contributed by atoms with van der Waals surface area (Å²) in [6.45, 7) is 1.65. The zero-order chi connectivity index (χ0) is 21.5. The van der Waals surface area contributed by atoms with E-state index in [1.165, 1.54) is 11.1 Å². The fourth-order valence-electron chi connectivity index (χ4n) is 3.94. The Labute approximate surface area is 184 Å². The second kappa shape index (κ2) is 10.0. The number of methoxy groups -OCH3 is 2. The van der Waals surface area contributed by atoms with Gasteiger partial charge in [-0.2, -0.15) is 0 Å². The number of aliphatic imine (C=N–C) groups is 1. The Morgan fingerprint density at radius 3 is 2.29 bits per heavy atom. The molecule has 0 radical (unpaired) electrons. The van der Waals surface area contributed by atoms with E-state index in [1.807, 2.05) is 18.2 Å². The van der Waals surface area contributed by atoms with Crippen molar-refractivity contribution < 1.29 is 9.47 Å². The monoisotopic (exact) mass is 415 g/mol.